The Labute approximate surface area is 161 Å². The number of hydrogen-bond acceptors (Lipinski definition) is 7. The van der Waals surface area contributed by atoms with E-state index in [0.29, 0.717) is 24.8 Å². The molecule has 2 aliphatic rings. The number of pyridine rings is 2. The molecular formula is C18H15FN4O4S. The molecule has 3 aromatic heterocycles. The second-order valence-corrected chi connectivity index (χ2v) is 7.95. The number of fused-ring (bicyclic) bond motifs is 1. The predicted octanol–water partition coefficient (Wildman–Crippen LogP) is 1.97. The van der Waals surface area contributed by atoms with E-state index in [-0.39, 0.29) is 28.0 Å². The van der Waals surface area contributed by atoms with E-state index in [1.165, 1.54) is 29.0 Å². The molecule has 0 bridgehead atoms. The summed E-state index contributed by atoms with van der Waals surface area (Å²) in [5.74, 6) is -1.86. The average molecular weight is 402 g/mol. The SMILES string of the molecule is Cc1c(F)c(N2CC3(CCO3)C2)nc2c1c(=O)c(C(=O)O)cn2-c1nccs1. The molecule has 8 nitrogen and oxygen atoms in total. The van der Waals surface area contributed by atoms with Crippen molar-refractivity contribution in [3.63, 3.8) is 0 Å². The lowest BCUT2D eigenvalue weighted by molar-refractivity contribution is -0.161. The summed E-state index contributed by atoms with van der Waals surface area (Å²) in [4.78, 5) is 34.7. The summed E-state index contributed by atoms with van der Waals surface area (Å²) in [5, 5.41) is 11.5. The molecule has 0 atom stereocenters. The van der Waals surface area contributed by atoms with E-state index in [0.717, 1.165) is 6.42 Å². The second-order valence-electron chi connectivity index (χ2n) is 7.07. The first kappa shape index (κ1) is 17.3. The molecular weight excluding hydrogens is 387 g/mol. The van der Waals surface area contributed by atoms with Crippen LogP contribution in [0.15, 0.2) is 22.6 Å². The second kappa shape index (κ2) is 5.82. The molecule has 10 heteroatoms. The van der Waals surface area contributed by atoms with Crippen molar-refractivity contribution in [1.29, 1.82) is 0 Å². The Balaban J connectivity index is 1.76. The zero-order chi connectivity index (χ0) is 19.6. The fourth-order valence-electron chi connectivity index (χ4n) is 3.76. The van der Waals surface area contributed by atoms with Gasteiger partial charge >= 0.3 is 5.97 Å². The first-order chi connectivity index (χ1) is 13.4. The molecule has 5 heterocycles. The monoisotopic (exact) mass is 402 g/mol. The molecule has 0 unspecified atom stereocenters. The van der Waals surface area contributed by atoms with Gasteiger partial charge < -0.3 is 14.7 Å². The Morgan fingerprint density at radius 2 is 2.18 bits per heavy atom. The van der Waals surface area contributed by atoms with Crippen molar-refractivity contribution in [3.05, 3.63) is 44.9 Å². The van der Waals surface area contributed by atoms with Crippen molar-refractivity contribution in [2.75, 3.05) is 24.6 Å². The molecule has 5 rings (SSSR count). The van der Waals surface area contributed by atoms with Gasteiger partial charge in [0.25, 0.3) is 0 Å². The van der Waals surface area contributed by atoms with Gasteiger partial charge in [0.1, 0.15) is 11.2 Å². The molecule has 1 spiro atoms. The van der Waals surface area contributed by atoms with Crippen molar-refractivity contribution in [1.82, 2.24) is 14.5 Å². The van der Waals surface area contributed by atoms with Gasteiger partial charge in [-0.3, -0.25) is 9.36 Å². The number of aryl methyl sites for hydroxylation is 1. The highest BCUT2D eigenvalue weighted by atomic mass is 32.1. The van der Waals surface area contributed by atoms with E-state index in [1.54, 1.807) is 16.5 Å². The number of aromatic carboxylic acids is 1. The fraction of sp³-hybridized carbons (Fsp3) is 0.333. The molecule has 2 saturated heterocycles. The molecule has 0 aliphatic carbocycles. The maximum atomic E-state index is 15.1. The minimum atomic E-state index is -1.38. The summed E-state index contributed by atoms with van der Waals surface area (Å²) in [6.45, 7) is 3.26. The minimum absolute atomic E-state index is 0.0496. The maximum absolute atomic E-state index is 15.1. The largest absolute Gasteiger partial charge is 0.477 e. The smallest absolute Gasteiger partial charge is 0.341 e. The molecule has 1 N–H and O–H groups in total. The Morgan fingerprint density at radius 1 is 1.43 bits per heavy atom. The van der Waals surface area contributed by atoms with Gasteiger partial charge in [0.2, 0.25) is 5.43 Å². The van der Waals surface area contributed by atoms with Crippen LogP contribution in [0, 0.1) is 12.7 Å². The number of aromatic nitrogens is 3. The van der Waals surface area contributed by atoms with Crippen LogP contribution in [0.1, 0.15) is 22.3 Å². The van der Waals surface area contributed by atoms with E-state index in [1.807, 2.05) is 0 Å². The molecule has 2 aliphatic heterocycles. The van der Waals surface area contributed by atoms with Crippen molar-refractivity contribution in [2.24, 2.45) is 0 Å². The first-order valence-electron chi connectivity index (χ1n) is 8.68. The van der Waals surface area contributed by atoms with E-state index < -0.39 is 22.8 Å². The third kappa shape index (κ3) is 2.31. The minimum Gasteiger partial charge on any atom is -0.477 e. The van der Waals surface area contributed by atoms with Crippen LogP contribution in [-0.2, 0) is 4.74 Å². The summed E-state index contributed by atoms with van der Waals surface area (Å²) < 4.78 is 22.1. The Bertz CT molecular complexity index is 1180. The van der Waals surface area contributed by atoms with Crippen molar-refractivity contribution >= 4 is 34.2 Å². The number of hydrogen-bond donors (Lipinski definition) is 1. The van der Waals surface area contributed by atoms with Gasteiger partial charge in [-0.25, -0.2) is 19.2 Å². The first-order valence-corrected chi connectivity index (χ1v) is 9.56. The predicted molar refractivity (Wildman–Crippen MR) is 100 cm³/mol. The van der Waals surface area contributed by atoms with Crippen LogP contribution in [0.25, 0.3) is 16.2 Å². The number of anilines is 1. The number of carbonyl (C=O) groups is 1. The maximum Gasteiger partial charge on any atom is 0.341 e. The van der Waals surface area contributed by atoms with Crippen LogP contribution in [0.4, 0.5) is 10.2 Å². The summed E-state index contributed by atoms with van der Waals surface area (Å²) in [6, 6.07) is 0. The third-order valence-electron chi connectivity index (χ3n) is 5.37. The quantitative estimate of drug-likeness (QED) is 0.715. The zero-order valence-electron chi connectivity index (χ0n) is 14.8. The number of ether oxygens (including phenoxy) is 1. The molecule has 0 amide bonds. The third-order valence-corrected chi connectivity index (χ3v) is 6.14. The number of carboxylic acids is 1. The standard InChI is InChI=1S/C18H15FN4O4S/c1-9-11-13(24)10(16(25)26)6-23(17-20-3-5-28-17)14(11)21-15(12(9)19)22-7-18(8-22)2-4-27-18/h3,5-6H,2,4,7-8H2,1H3,(H,25,26). The molecule has 144 valence electrons. The highest BCUT2D eigenvalue weighted by molar-refractivity contribution is 7.12. The summed E-state index contributed by atoms with van der Waals surface area (Å²) >= 11 is 1.26. The number of thiazole rings is 1. The summed E-state index contributed by atoms with van der Waals surface area (Å²) in [5.41, 5.74) is -1.15. The number of carboxylic acid groups (broad SMARTS) is 1. The Hall–Kier alpha value is -2.85. The van der Waals surface area contributed by atoms with Gasteiger partial charge in [0.05, 0.1) is 25.1 Å². The van der Waals surface area contributed by atoms with E-state index in [2.05, 4.69) is 9.97 Å². The highest BCUT2D eigenvalue weighted by Crippen LogP contribution is 2.40. The lowest BCUT2D eigenvalue weighted by Gasteiger charge is -2.55. The molecule has 28 heavy (non-hydrogen) atoms. The number of halogens is 1. The van der Waals surface area contributed by atoms with Crippen molar-refractivity contribution in [2.45, 2.75) is 18.9 Å². The van der Waals surface area contributed by atoms with Gasteiger partial charge in [-0.15, -0.1) is 11.3 Å². The van der Waals surface area contributed by atoms with Crippen molar-refractivity contribution in [3.8, 4) is 5.13 Å². The Kier molecular flexibility index (Phi) is 3.59. The van der Waals surface area contributed by atoms with Gasteiger partial charge in [-0.05, 0) is 6.92 Å². The molecule has 3 aromatic rings. The van der Waals surface area contributed by atoms with Crippen LogP contribution in [-0.4, -0.2) is 50.9 Å². The number of nitrogens with zero attached hydrogens (tertiary/aromatic N) is 4. The highest BCUT2D eigenvalue weighted by Gasteiger charge is 2.50. The average Bonchev–Trinajstić information content (AvgIpc) is 3.10. The van der Waals surface area contributed by atoms with Crippen LogP contribution in [0.3, 0.4) is 0 Å². The number of rotatable bonds is 3. The van der Waals surface area contributed by atoms with Crippen molar-refractivity contribution < 1.29 is 19.0 Å². The molecule has 2 fully saturated rings. The van der Waals surface area contributed by atoms with Crippen LogP contribution in [0.2, 0.25) is 0 Å². The molecule has 0 aromatic carbocycles. The van der Waals surface area contributed by atoms with Gasteiger partial charge in [0.15, 0.2) is 22.4 Å². The summed E-state index contributed by atoms with van der Waals surface area (Å²) in [6.07, 6.45) is 3.70. The lowest BCUT2D eigenvalue weighted by atomic mass is 9.86. The van der Waals surface area contributed by atoms with E-state index >= 15 is 4.39 Å². The Morgan fingerprint density at radius 3 is 2.75 bits per heavy atom. The van der Waals surface area contributed by atoms with Crippen LogP contribution in [0.5, 0.6) is 0 Å². The van der Waals surface area contributed by atoms with E-state index in [4.69, 9.17) is 4.74 Å². The lowest BCUT2D eigenvalue weighted by Crippen LogP contribution is -2.68. The van der Waals surface area contributed by atoms with Gasteiger partial charge in [0, 0.05) is 29.8 Å². The van der Waals surface area contributed by atoms with Crippen LogP contribution >= 0.6 is 11.3 Å². The normalized spacial score (nSPS) is 17.6. The zero-order valence-corrected chi connectivity index (χ0v) is 15.6. The summed E-state index contributed by atoms with van der Waals surface area (Å²) in [7, 11) is 0. The van der Waals surface area contributed by atoms with Gasteiger partial charge in [-0.2, -0.15) is 0 Å². The van der Waals surface area contributed by atoms with Gasteiger partial charge in [-0.1, -0.05) is 0 Å². The molecule has 0 radical (unpaired) electrons. The van der Waals surface area contributed by atoms with E-state index in [9.17, 15) is 14.7 Å². The molecule has 0 saturated carbocycles. The topological polar surface area (TPSA) is 97.5 Å². The van der Waals surface area contributed by atoms with Crippen LogP contribution < -0.4 is 10.3 Å². The fourth-order valence-corrected chi connectivity index (χ4v) is 4.38.